The maximum atomic E-state index is 11.3. The number of ether oxygens (including phenoxy) is 1. The standard InChI is InChI=1S/C13H17NO5/c1-9-3-2-4-10(7-9)19-6-5-12(16)14-8-11(15)13(17)18/h2-4,7,11,15H,5-6,8H2,1H3,(H,14,16)(H,17,18). The van der Waals surface area contributed by atoms with Crippen molar-refractivity contribution in [3.63, 3.8) is 0 Å². The van der Waals surface area contributed by atoms with Crippen LogP contribution in [0.4, 0.5) is 0 Å². The van der Waals surface area contributed by atoms with Crippen molar-refractivity contribution in [2.45, 2.75) is 19.4 Å². The van der Waals surface area contributed by atoms with Gasteiger partial charge < -0.3 is 20.3 Å². The second-order valence-corrected chi connectivity index (χ2v) is 4.07. The van der Waals surface area contributed by atoms with Gasteiger partial charge in [-0.15, -0.1) is 0 Å². The molecule has 1 unspecified atom stereocenters. The minimum atomic E-state index is -1.58. The number of carbonyl (C=O) groups excluding carboxylic acids is 1. The summed E-state index contributed by atoms with van der Waals surface area (Å²) >= 11 is 0. The lowest BCUT2D eigenvalue weighted by Crippen LogP contribution is -2.36. The van der Waals surface area contributed by atoms with E-state index in [1.165, 1.54) is 0 Å². The number of amides is 1. The Morgan fingerprint density at radius 1 is 1.42 bits per heavy atom. The van der Waals surface area contributed by atoms with Gasteiger partial charge in [0.15, 0.2) is 6.10 Å². The van der Waals surface area contributed by atoms with Crippen molar-refractivity contribution in [3.8, 4) is 5.75 Å². The minimum absolute atomic E-state index is 0.0975. The molecule has 0 saturated carbocycles. The Hall–Kier alpha value is -2.08. The van der Waals surface area contributed by atoms with Gasteiger partial charge in [-0.1, -0.05) is 12.1 Å². The zero-order chi connectivity index (χ0) is 14.3. The van der Waals surface area contributed by atoms with E-state index in [9.17, 15) is 9.59 Å². The molecular formula is C13H17NO5. The van der Waals surface area contributed by atoms with Gasteiger partial charge in [0.25, 0.3) is 0 Å². The number of aliphatic hydroxyl groups excluding tert-OH is 1. The zero-order valence-electron chi connectivity index (χ0n) is 10.6. The molecule has 1 aromatic carbocycles. The van der Waals surface area contributed by atoms with E-state index in [0.717, 1.165) is 5.56 Å². The van der Waals surface area contributed by atoms with Crippen LogP contribution in [0.2, 0.25) is 0 Å². The average Bonchev–Trinajstić information content (AvgIpc) is 2.36. The van der Waals surface area contributed by atoms with Gasteiger partial charge in [0, 0.05) is 0 Å². The lowest BCUT2D eigenvalue weighted by atomic mass is 10.2. The number of carboxylic acid groups (broad SMARTS) is 1. The Morgan fingerprint density at radius 3 is 2.79 bits per heavy atom. The van der Waals surface area contributed by atoms with Gasteiger partial charge in [0.05, 0.1) is 19.6 Å². The second kappa shape index (κ2) is 7.38. The van der Waals surface area contributed by atoms with Crippen molar-refractivity contribution >= 4 is 11.9 Å². The molecule has 1 atom stereocenters. The molecule has 0 aromatic heterocycles. The molecule has 0 aliphatic carbocycles. The number of hydrogen-bond acceptors (Lipinski definition) is 4. The van der Waals surface area contributed by atoms with Crippen molar-refractivity contribution < 1.29 is 24.5 Å². The zero-order valence-corrected chi connectivity index (χ0v) is 10.6. The summed E-state index contributed by atoms with van der Waals surface area (Å²) in [5.41, 5.74) is 1.06. The number of hydrogen-bond donors (Lipinski definition) is 3. The molecular weight excluding hydrogens is 250 g/mol. The van der Waals surface area contributed by atoms with Gasteiger partial charge in [-0.05, 0) is 24.6 Å². The largest absolute Gasteiger partial charge is 0.493 e. The van der Waals surface area contributed by atoms with E-state index in [2.05, 4.69) is 5.32 Å². The minimum Gasteiger partial charge on any atom is -0.493 e. The normalized spacial score (nSPS) is 11.7. The third-order valence-corrected chi connectivity index (χ3v) is 2.37. The van der Waals surface area contributed by atoms with Crippen LogP contribution in [-0.4, -0.2) is 41.3 Å². The number of rotatable bonds is 7. The number of carbonyl (C=O) groups is 2. The molecule has 19 heavy (non-hydrogen) atoms. The number of aliphatic carboxylic acids is 1. The first-order chi connectivity index (χ1) is 8.99. The molecule has 104 valence electrons. The lowest BCUT2D eigenvalue weighted by Gasteiger charge is -2.09. The third-order valence-electron chi connectivity index (χ3n) is 2.37. The maximum Gasteiger partial charge on any atom is 0.334 e. The fourth-order valence-corrected chi connectivity index (χ4v) is 1.35. The van der Waals surface area contributed by atoms with Crippen LogP contribution in [0.3, 0.4) is 0 Å². The van der Waals surface area contributed by atoms with Crippen LogP contribution in [0.25, 0.3) is 0 Å². The van der Waals surface area contributed by atoms with Crippen molar-refractivity contribution in [1.82, 2.24) is 5.32 Å². The number of carboxylic acids is 1. The van der Waals surface area contributed by atoms with E-state index in [0.29, 0.717) is 5.75 Å². The van der Waals surface area contributed by atoms with E-state index >= 15 is 0 Å². The van der Waals surface area contributed by atoms with E-state index in [4.69, 9.17) is 14.9 Å². The molecule has 0 fully saturated rings. The SMILES string of the molecule is Cc1cccc(OCCC(=O)NCC(O)C(=O)O)c1. The van der Waals surface area contributed by atoms with Crippen LogP contribution >= 0.6 is 0 Å². The first-order valence-corrected chi connectivity index (χ1v) is 5.86. The Bertz CT molecular complexity index is 446. The summed E-state index contributed by atoms with van der Waals surface area (Å²) in [7, 11) is 0. The summed E-state index contributed by atoms with van der Waals surface area (Å²) in [6, 6.07) is 7.44. The Balaban J connectivity index is 2.22. The molecule has 0 bridgehead atoms. The van der Waals surface area contributed by atoms with Crippen molar-refractivity contribution in [2.75, 3.05) is 13.2 Å². The summed E-state index contributed by atoms with van der Waals surface area (Å²) in [5, 5.41) is 19.7. The fraction of sp³-hybridized carbons (Fsp3) is 0.385. The molecule has 6 heteroatoms. The number of aryl methyl sites for hydroxylation is 1. The maximum absolute atomic E-state index is 11.3. The number of benzene rings is 1. The van der Waals surface area contributed by atoms with Gasteiger partial charge in [-0.2, -0.15) is 0 Å². The van der Waals surface area contributed by atoms with E-state index < -0.39 is 12.1 Å². The molecule has 1 rings (SSSR count). The van der Waals surface area contributed by atoms with Crippen LogP contribution in [0.5, 0.6) is 5.75 Å². The highest BCUT2D eigenvalue weighted by atomic mass is 16.5. The number of nitrogens with one attached hydrogen (secondary N) is 1. The smallest absolute Gasteiger partial charge is 0.334 e. The van der Waals surface area contributed by atoms with Crippen LogP contribution in [-0.2, 0) is 9.59 Å². The molecule has 0 aliphatic heterocycles. The van der Waals surface area contributed by atoms with Crippen LogP contribution < -0.4 is 10.1 Å². The molecule has 0 aliphatic rings. The molecule has 1 aromatic rings. The predicted molar refractivity (Wildman–Crippen MR) is 67.9 cm³/mol. The quantitative estimate of drug-likeness (QED) is 0.661. The molecule has 0 radical (unpaired) electrons. The van der Waals surface area contributed by atoms with Crippen molar-refractivity contribution in [1.29, 1.82) is 0 Å². The van der Waals surface area contributed by atoms with Gasteiger partial charge >= 0.3 is 5.97 Å². The van der Waals surface area contributed by atoms with E-state index in [-0.39, 0.29) is 25.5 Å². The van der Waals surface area contributed by atoms with E-state index in [1.54, 1.807) is 6.07 Å². The predicted octanol–water partition coefficient (Wildman–Crippen LogP) is 0.326. The first kappa shape index (κ1) is 15.0. The molecule has 0 heterocycles. The highest BCUT2D eigenvalue weighted by Gasteiger charge is 2.13. The molecule has 3 N–H and O–H groups in total. The topological polar surface area (TPSA) is 95.9 Å². The molecule has 0 spiro atoms. The Morgan fingerprint density at radius 2 is 2.16 bits per heavy atom. The summed E-state index contributed by atoms with van der Waals surface area (Å²) in [6.07, 6.45) is -1.48. The summed E-state index contributed by atoms with van der Waals surface area (Å²) < 4.78 is 5.37. The molecule has 1 amide bonds. The molecule has 6 nitrogen and oxygen atoms in total. The Labute approximate surface area is 111 Å². The summed E-state index contributed by atoms with van der Waals surface area (Å²) in [5.74, 6) is -1.05. The average molecular weight is 267 g/mol. The van der Waals surface area contributed by atoms with E-state index in [1.807, 2.05) is 25.1 Å². The van der Waals surface area contributed by atoms with Crippen molar-refractivity contribution in [2.24, 2.45) is 0 Å². The first-order valence-electron chi connectivity index (χ1n) is 5.86. The Kier molecular flexibility index (Phi) is 5.81. The van der Waals surface area contributed by atoms with Crippen molar-refractivity contribution in [3.05, 3.63) is 29.8 Å². The van der Waals surface area contributed by atoms with Crippen LogP contribution in [0.15, 0.2) is 24.3 Å². The highest BCUT2D eigenvalue weighted by molar-refractivity contribution is 5.78. The molecule has 0 saturated heterocycles. The van der Waals surface area contributed by atoms with Gasteiger partial charge in [-0.3, -0.25) is 4.79 Å². The van der Waals surface area contributed by atoms with Gasteiger partial charge in [0.1, 0.15) is 5.75 Å². The van der Waals surface area contributed by atoms with Crippen LogP contribution in [0.1, 0.15) is 12.0 Å². The second-order valence-electron chi connectivity index (χ2n) is 4.07. The number of aliphatic hydroxyl groups is 1. The van der Waals surface area contributed by atoms with Crippen LogP contribution in [0, 0.1) is 6.92 Å². The van der Waals surface area contributed by atoms with Gasteiger partial charge in [0.2, 0.25) is 5.91 Å². The lowest BCUT2D eigenvalue weighted by molar-refractivity contribution is -0.146. The monoisotopic (exact) mass is 267 g/mol. The van der Waals surface area contributed by atoms with Gasteiger partial charge in [-0.25, -0.2) is 4.79 Å². The fourth-order valence-electron chi connectivity index (χ4n) is 1.35. The summed E-state index contributed by atoms with van der Waals surface area (Å²) in [4.78, 5) is 21.6. The highest BCUT2D eigenvalue weighted by Crippen LogP contribution is 2.12. The summed E-state index contributed by atoms with van der Waals surface area (Å²) in [6.45, 7) is 1.82. The third kappa shape index (κ3) is 5.87.